The van der Waals surface area contributed by atoms with Crippen LogP contribution in [0.25, 0.3) is 0 Å². The van der Waals surface area contributed by atoms with Crippen molar-refractivity contribution < 1.29 is 4.79 Å². The Bertz CT molecular complexity index is 404. The largest absolute Gasteiger partial charge is 0.303 e. The number of nitrogens with zero attached hydrogens (tertiary/aromatic N) is 1. The smallest absolute Gasteiger partial charge is 0.182 e. The predicted molar refractivity (Wildman–Crippen MR) is 49.3 cm³/mol. The number of terminal acetylenes is 1. The lowest BCUT2D eigenvalue weighted by Crippen LogP contribution is -2.28. The van der Waals surface area contributed by atoms with Crippen molar-refractivity contribution in [1.29, 1.82) is 0 Å². The molecule has 0 fully saturated rings. The number of rotatable bonds is 0. The van der Waals surface area contributed by atoms with Gasteiger partial charge in [0.1, 0.15) is 0 Å². The number of fused-ring (bicyclic) bond motifs is 1. The van der Waals surface area contributed by atoms with Crippen LogP contribution in [0.5, 0.6) is 0 Å². The second-order valence-electron chi connectivity index (χ2n) is 2.76. The van der Waals surface area contributed by atoms with E-state index in [1.807, 2.05) is 0 Å². The predicted octanol–water partition coefficient (Wildman–Crippen LogP) is 0.795. The van der Waals surface area contributed by atoms with Crippen LogP contribution in [0.15, 0.2) is 18.2 Å². The Morgan fingerprint density at radius 1 is 1.54 bits per heavy atom. The molecule has 1 aliphatic heterocycles. The third-order valence-electron chi connectivity index (χ3n) is 1.91. The first-order valence-corrected chi connectivity index (χ1v) is 3.87. The Kier molecular flexibility index (Phi) is 1.76. The van der Waals surface area contributed by atoms with E-state index < -0.39 is 0 Å². The fourth-order valence-electron chi connectivity index (χ4n) is 1.24. The SMILES string of the molecule is C#Cc1ccc2c(c1)C(=O)C[N]N2. The lowest BCUT2D eigenvalue weighted by atomic mass is 10.0. The minimum atomic E-state index is 0.00542. The zero-order valence-electron chi connectivity index (χ0n) is 6.87. The fraction of sp³-hybridized carbons (Fsp3) is 0.100. The maximum absolute atomic E-state index is 11.4. The molecule has 1 aliphatic rings. The van der Waals surface area contributed by atoms with Crippen molar-refractivity contribution in [1.82, 2.24) is 5.43 Å². The normalized spacial score (nSPS) is 14.2. The first-order valence-electron chi connectivity index (χ1n) is 3.87. The number of ketones is 1. The number of Topliss-reactive ketones (excluding diaryl/α,β-unsaturated/α-hetero) is 1. The number of nitrogens with one attached hydrogen (secondary N) is 1. The second-order valence-corrected chi connectivity index (χ2v) is 2.76. The van der Waals surface area contributed by atoms with Crippen LogP contribution in [0.3, 0.4) is 0 Å². The Labute approximate surface area is 76.1 Å². The van der Waals surface area contributed by atoms with Gasteiger partial charge in [-0.25, -0.2) is 0 Å². The number of hydrogen-bond donors (Lipinski definition) is 1. The van der Waals surface area contributed by atoms with E-state index in [-0.39, 0.29) is 12.3 Å². The fourth-order valence-corrected chi connectivity index (χ4v) is 1.24. The van der Waals surface area contributed by atoms with Gasteiger partial charge in [-0.1, -0.05) is 5.92 Å². The van der Waals surface area contributed by atoms with Crippen LogP contribution in [0, 0.1) is 12.3 Å². The van der Waals surface area contributed by atoms with Crippen molar-refractivity contribution in [2.45, 2.75) is 0 Å². The summed E-state index contributed by atoms with van der Waals surface area (Å²) in [5.74, 6) is 2.49. The summed E-state index contributed by atoms with van der Waals surface area (Å²) in [7, 11) is 0. The van der Waals surface area contributed by atoms with Gasteiger partial charge in [-0.3, -0.25) is 4.79 Å². The van der Waals surface area contributed by atoms with E-state index in [1.165, 1.54) is 0 Å². The van der Waals surface area contributed by atoms with Gasteiger partial charge < -0.3 is 5.43 Å². The summed E-state index contributed by atoms with van der Waals surface area (Å²) in [5.41, 5.74) is 8.66. The maximum atomic E-state index is 11.4. The number of hydrogen-bond acceptors (Lipinski definition) is 2. The lowest BCUT2D eigenvalue weighted by Gasteiger charge is -2.15. The molecule has 0 bridgehead atoms. The van der Waals surface area contributed by atoms with E-state index >= 15 is 0 Å². The Morgan fingerprint density at radius 2 is 2.38 bits per heavy atom. The molecule has 0 saturated carbocycles. The molecule has 13 heavy (non-hydrogen) atoms. The molecule has 0 aromatic heterocycles. The number of carbonyl (C=O) groups is 1. The average molecular weight is 171 g/mol. The average Bonchev–Trinajstić information content (AvgIpc) is 2.18. The molecule has 0 aliphatic carbocycles. The molecule has 0 unspecified atom stereocenters. The molecule has 0 atom stereocenters. The number of benzene rings is 1. The summed E-state index contributed by atoms with van der Waals surface area (Å²) in [6.45, 7) is 0.182. The van der Waals surface area contributed by atoms with Gasteiger partial charge >= 0.3 is 0 Å². The van der Waals surface area contributed by atoms with E-state index in [2.05, 4.69) is 16.8 Å². The molecule has 1 N–H and O–H groups in total. The van der Waals surface area contributed by atoms with Gasteiger partial charge in [0.2, 0.25) is 0 Å². The van der Waals surface area contributed by atoms with Crippen molar-refractivity contribution in [3.63, 3.8) is 0 Å². The van der Waals surface area contributed by atoms with Gasteiger partial charge in [0.05, 0.1) is 12.2 Å². The van der Waals surface area contributed by atoms with Crippen molar-refractivity contribution in [2.75, 3.05) is 12.0 Å². The zero-order chi connectivity index (χ0) is 9.26. The molecule has 0 amide bonds. The highest BCUT2D eigenvalue weighted by Gasteiger charge is 2.16. The zero-order valence-corrected chi connectivity index (χ0v) is 6.87. The highest BCUT2D eigenvalue weighted by Crippen LogP contribution is 2.19. The molecule has 3 heteroatoms. The Balaban J connectivity index is 2.55. The monoisotopic (exact) mass is 171 g/mol. The van der Waals surface area contributed by atoms with Crippen LogP contribution in [-0.4, -0.2) is 12.3 Å². The molecule has 3 nitrogen and oxygen atoms in total. The number of carbonyl (C=O) groups excluding carboxylic acids is 1. The lowest BCUT2D eigenvalue weighted by molar-refractivity contribution is 0.0988. The molecule has 0 saturated heterocycles. The molecular formula is C10H7N2O. The summed E-state index contributed by atoms with van der Waals surface area (Å²) in [6, 6.07) is 5.25. The summed E-state index contributed by atoms with van der Waals surface area (Å²) in [6.07, 6.45) is 5.22. The third kappa shape index (κ3) is 1.28. The molecular weight excluding hydrogens is 164 g/mol. The van der Waals surface area contributed by atoms with Crippen LogP contribution in [0.2, 0.25) is 0 Å². The molecule has 63 valence electrons. The van der Waals surface area contributed by atoms with Gasteiger partial charge in [-0.2, -0.15) is 0 Å². The van der Waals surface area contributed by atoms with E-state index in [4.69, 9.17) is 6.42 Å². The quantitative estimate of drug-likeness (QED) is 0.586. The minimum Gasteiger partial charge on any atom is -0.303 e. The summed E-state index contributed by atoms with van der Waals surface area (Å²) < 4.78 is 0. The molecule has 2 rings (SSSR count). The summed E-state index contributed by atoms with van der Waals surface area (Å²) in [5, 5.41) is 0. The molecule has 1 aromatic rings. The van der Waals surface area contributed by atoms with Crippen LogP contribution >= 0.6 is 0 Å². The molecule has 1 aromatic carbocycles. The first kappa shape index (κ1) is 7.84. The maximum Gasteiger partial charge on any atom is 0.182 e. The summed E-state index contributed by atoms with van der Waals surface area (Å²) in [4.78, 5) is 11.4. The topological polar surface area (TPSA) is 43.2 Å². The molecule has 1 radical (unpaired) electrons. The molecule has 1 heterocycles. The van der Waals surface area contributed by atoms with E-state index in [1.54, 1.807) is 18.2 Å². The van der Waals surface area contributed by atoms with Gasteiger partial charge in [0, 0.05) is 11.1 Å². The highest BCUT2D eigenvalue weighted by atomic mass is 16.1. The number of anilines is 1. The third-order valence-corrected chi connectivity index (χ3v) is 1.91. The van der Waals surface area contributed by atoms with Crippen molar-refractivity contribution >= 4 is 11.5 Å². The molecule has 0 spiro atoms. The van der Waals surface area contributed by atoms with Crippen LogP contribution in [0.1, 0.15) is 15.9 Å². The van der Waals surface area contributed by atoms with Gasteiger partial charge in [-0.15, -0.1) is 11.8 Å². The van der Waals surface area contributed by atoms with E-state index in [9.17, 15) is 4.79 Å². The van der Waals surface area contributed by atoms with E-state index in [0.29, 0.717) is 5.56 Å². The van der Waals surface area contributed by atoms with Crippen LogP contribution < -0.4 is 10.9 Å². The van der Waals surface area contributed by atoms with Gasteiger partial charge in [0.25, 0.3) is 0 Å². The van der Waals surface area contributed by atoms with E-state index in [0.717, 1.165) is 11.3 Å². The Morgan fingerprint density at radius 3 is 3.15 bits per heavy atom. The van der Waals surface area contributed by atoms with Crippen molar-refractivity contribution in [3.05, 3.63) is 29.3 Å². The second kappa shape index (κ2) is 2.92. The highest BCUT2D eigenvalue weighted by molar-refractivity contribution is 6.04. The van der Waals surface area contributed by atoms with Crippen molar-refractivity contribution in [3.8, 4) is 12.3 Å². The standard InChI is InChI=1S/C10H7N2O/c1-2-7-3-4-9-8(5-7)10(13)6-11-12-9/h1,3-5,12H,6H2. The van der Waals surface area contributed by atoms with Gasteiger partial charge in [0.15, 0.2) is 5.78 Å². The van der Waals surface area contributed by atoms with Gasteiger partial charge in [-0.05, 0) is 18.2 Å². The van der Waals surface area contributed by atoms with Crippen molar-refractivity contribution in [2.24, 2.45) is 0 Å². The minimum absolute atomic E-state index is 0.00542. The first-order chi connectivity index (χ1) is 6.31. The van der Waals surface area contributed by atoms with Crippen LogP contribution in [0.4, 0.5) is 5.69 Å². The summed E-state index contributed by atoms with van der Waals surface area (Å²) >= 11 is 0. The Hall–Kier alpha value is -1.79. The van der Waals surface area contributed by atoms with Crippen LogP contribution in [-0.2, 0) is 0 Å².